The Balaban J connectivity index is 1.65. The Kier molecular flexibility index (Phi) is 5.31. The summed E-state index contributed by atoms with van der Waals surface area (Å²) in [4.78, 5) is 17.5. The molecule has 8 heteroatoms. The van der Waals surface area contributed by atoms with Gasteiger partial charge in [0, 0.05) is 38.6 Å². The maximum Gasteiger partial charge on any atom is 0.391 e. The first kappa shape index (κ1) is 16.6. The Morgan fingerprint density at radius 3 is 2.64 bits per heavy atom. The molecule has 22 heavy (non-hydrogen) atoms. The molecule has 0 atom stereocenters. The zero-order chi connectivity index (χ0) is 16.2. The maximum atomic E-state index is 12.6. The summed E-state index contributed by atoms with van der Waals surface area (Å²) in [5.41, 5.74) is 0. The van der Waals surface area contributed by atoms with E-state index >= 15 is 0 Å². The highest BCUT2D eigenvalue weighted by Gasteiger charge is 2.41. The molecule has 1 aromatic rings. The molecule has 0 radical (unpaired) electrons. The summed E-state index contributed by atoms with van der Waals surface area (Å²) in [6.45, 7) is 3.48. The summed E-state index contributed by atoms with van der Waals surface area (Å²) >= 11 is 0. The minimum absolute atomic E-state index is 0.00878. The number of piperidine rings is 1. The van der Waals surface area contributed by atoms with E-state index < -0.39 is 12.1 Å². The number of carbonyl (C=O) groups is 1. The molecule has 1 fully saturated rings. The van der Waals surface area contributed by atoms with Gasteiger partial charge in [-0.3, -0.25) is 0 Å². The van der Waals surface area contributed by atoms with E-state index in [1.165, 1.54) is 4.90 Å². The third kappa shape index (κ3) is 4.38. The van der Waals surface area contributed by atoms with Gasteiger partial charge in [-0.1, -0.05) is 0 Å². The molecule has 2 heterocycles. The van der Waals surface area contributed by atoms with Crippen molar-refractivity contribution in [1.29, 1.82) is 0 Å². The van der Waals surface area contributed by atoms with E-state index in [2.05, 4.69) is 10.3 Å². The van der Waals surface area contributed by atoms with Crippen LogP contribution in [0.1, 0.15) is 25.1 Å². The van der Waals surface area contributed by atoms with Crippen LogP contribution in [0.4, 0.5) is 18.0 Å². The van der Waals surface area contributed by atoms with E-state index in [0.717, 1.165) is 18.8 Å². The number of aryl methyl sites for hydroxylation is 2. The Bertz CT molecular complexity index is 493. The molecular formula is C14H21F3N4O. The molecule has 2 rings (SSSR count). The van der Waals surface area contributed by atoms with Crippen molar-refractivity contribution in [2.45, 2.75) is 38.9 Å². The number of nitrogens with one attached hydrogen (secondary N) is 1. The fraction of sp³-hybridized carbons (Fsp3) is 0.714. The molecule has 0 unspecified atom stereocenters. The highest BCUT2D eigenvalue weighted by Crippen LogP contribution is 2.33. The number of amides is 2. The van der Waals surface area contributed by atoms with E-state index in [0.29, 0.717) is 6.54 Å². The first-order valence-electron chi connectivity index (χ1n) is 7.45. The van der Waals surface area contributed by atoms with Crippen LogP contribution in [0.3, 0.4) is 0 Å². The van der Waals surface area contributed by atoms with Gasteiger partial charge in [0.1, 0.15) is 5.82 Å². The normalized spacial score (nSPS) is 16.8. The van der Waals surface area contributed by atoms with Crippen LogP contribution in [0, 0.1) is 12.8 Å². The molecule has 1 aliphatic rings. The number of rotatable bonds is 4. The Hall–Kier alpha value is -1.73. The summed E-state index contributed by atoms with van der Waals surface area (Å²) in [7, 11) is 0. The first-order valence-corrected chi connectivity index (χ1v) is 7.45. The molecule has 124 valence electrons. The minimum Gasteiger partial charge on any atom is -0.338 e. The summed E-state index contributed by atoms with van der Waals surface area (Å²) in [6, 6.07) is -0.275. The second-order valence-corrected chi connectivity index (χ2v) is 5.56. The fourth-order valence-electron chi connectivity index (χ4n) is 2.61. The summed E-state index contributed by atoms with van der Waals surface area (Å²) in [5.74, 6) is -0.360. The number of urea groups is 1. The van der Waals surface area contributed by atoms with Gasteiger partial charge < -0.3 is 14.8 Å². The maximum absolute atomic E-state index is 12.6. The number of aromatic nitrogens is 2. The number of alkyl halides is 3. The van der Waals surface area contributed by atoms with Crippen molar-refractivity contribution in [2.24, 2.45) is 5.92 Å². The van der Waals surface area contributed by atoms with Gasteiger partial charge >= 0.3 is 12.2 Å². The quantitative estimate of drug-likeness (QED) is 0.868. The van der Waals surface area contributed by atoms with Crippen molar-refractivity contribution >= 4 is 6.03 Å². The molecule has 1 aliphatic heterocycles. The molecule has 1 saturated heterocycles. The van der Waals surface area contributed by atoms with Crippen molar-refractivity contribution in [3.05, 3.63) is 18.2 Å². The lowest BCUT2D eigenvalue weighted by Gasteiger charge is -2.32. The zero-order valence-corrected chi connectivity index (χ0v) is 12.6. The predicted molar refractivity (Wildman–Crippen MR) is 75.3 cm³/mol. The van der Waals surface area contributed by atoms with Crippen LogP contribution >= 0.6 is 0 Å². The second-order valence-electron chi connectivity index (χ2n) is 5.56. The highest BCUT2D eigenvalue weighted by molar-refractivity contribution is 5.74. The molecule has 1 N–H and O–H groups in total. The third-order valence-corrected chi connectivity index (χ3v) is 4.02. The molecule has 0 aromatic carbocycles. The molecule has 0 aliphatic carbocycles. The number of hydrogen-bond donors (Lipinski definition) is 1. The largest absolute Gasteiger partial charge is 0.391 e. The van der Waals surface area contributed by atoms with E-state index in [4.69, 9.17) is 0 Å². The summed E-state index contributed by atoms with van der Waals surface area (Å²) < 4.78 is 39.7. The molecule has 0 saturated carbocycles. The third-order valence-electron chi connectivity index (χ3n) is 4.02. The van der Waals surface area contributed by atoms with E-state index in [1.807, 2.05) is 17.7 Å². The van der Waals surface area contributed by atoms with E-state index in [9.17, 15) is 18.0 Å². The van der Waals surface area contributed by atoms with Crippen molar-refractivity contribution < 1.29 is 18.0 Å². The number of carbonyl (C=O) groups excluding carboxylic acids is 1. The summed E-state index contributed by atoms with van der Waals surface area (Å²) in [6.07, 6.45) is 0.182. The standard InChI is InChI=1S/C14H21F3N4O/c1-11-18-6-10-20(11)7-2-5-19-13(22)21-8-3-12(4-9-21)14(15,16)17/h6,10,12H,2-5,7-9H2,1H3,(H,19,22). The first-order chi connectivity index (χ1) is 10.4. The topological polar surface area (TPSA) is 50.2 Å². The smallest absolute Gasteiger partial charge is 0.338 e. The van der Waals surface area contributed by atoms with Crippen LogP contribution in [-0.2, 0) is 6.54 Å². The highest BCUT2D eigenvalue weighted by atomic mass is 19.4. The Labute approximate surface area is 127 Å². The fourth-order valence-corrected chi connectivity index (χ4v) is 2.61. The molecule has 0 bridgehead atoms. The zero-order valence-electron chi connectivity index (χ0n) is 12.6. The lowest BCUT2D eigenvalue weighted by molar-refractivity contribution is -0.183. The van der Waals surface area contributed by atoms with Crippen molar-refractivity contribution in [3.63, 3.8) is 0 Å². The minimum atomic E-state index is -4.15. The van der Waals surface area contributed by atoms with Crippen LogP contribution in [0.25, 0.3) is 0 Å². The monoisotopic (exact) mass is 318 g/mol. The van der Waals surface area contributed by atoms with Gasteiger partial charge in [-0.15, -0.1) is 0 Å². The molecule has 1 aromatic heterocycles. The number of hydrogen-bond acceptors (Lipinski definition) is 2. The van der Waals surface area contributed by atoms with Crippen LogP contribution in [0.5, 0.6) is 0 Å². The van der Waals surface area contributed by atoms with Gasteiger partial charge in [-0.25, -0.2) is 9.78 Å². The van der Waals surface area contributed by atoms with Crippen molar-refractivity contribution in [2.75, 3.05) is 19.6 Å². The van der Waals surface area contributed by atoms with Gasteiger partial charge in [-0.2, -0.15) is 13.2 Å². The van der Waals surface area contributed by atoms with Crippen LogP contribution in [0.15, 0.2) is 12.4 Å². The Morgan fingerprint density at radius 1 is 1.41 bits per heavy atom. The molecule has 5 nitrogen and oxygen atoms in total. The van der Waals surface area contributed by atoms with Gasteiger partial charge in [0.25, 0.3) is 0 Å². The SMILES string of the molecule is Cc1nccn1CCCNC(=O)N1CCC(C(F)(F)F)CC1. The van der Waals surface area contributed by atoms with Crippen LogP contribution < -0.4 is 5.32 Å². The van der Waals surface area contributed by atoms with Crippen LogP contribution in [-0.4, -0.2) is 46.3 Å². The summed E-state index contributed by atoms with van der Waals surface area (Å²) in [5, 5.41) is 2.76. The van der Waals surface area contributed by atoms with E-state index in [1.54, 1.807) is 6.20 Å². The average molecular weight is 318 g/mol. The van der Waals surface area contributed by atoms with Gasteiger partial charge in [0.15, 0.2) is 0 Å². The van der Waals surface area contributed by atoms with Crippen LogP contribution in [0.2, 0.25) is 0 Å². The average Bonchev–Trinajstić information content (AvgIpc) is 2.88. The van der Waals surface area contributed by atoms with E-state index in [-0.39, 0.29) is 32.0 Å². The lowest BCUT2D eigenvalue weighted by atomic mass is 9.96. The Morgan fingerprint density at radius 2 is 2.09 bits per heavy atom. The van der Waals surface area contributed by atoms with Crippen molar-refractivity contribution in [3.8, 4) is 0 Å². The van der Waals surface area contributed by atoms with Gasteiger partial charge in [0.05, 0.1) is 5.92 Å². The number of nitrogens with zero attached hydrogens (tertiary/aromatic N) is 3. The predicted octanol–water partition coefficient (Wildman–Crippen LogP) is 2.57. The number of imidazole rings is 1. The van der Waals surface area contributed by atoms with Gasteiger partial charge in [0.2, 0.25) is 0 Å². The van der Waals surface area contributed by atoms with Crippen molar-refractivity contribution in [1.82, 2.24) is 19.8 Å². The van der Waals surface area contributed by atoms with Gasteiger partial charge in [-0.05, 0) is 26.2 Å². The second kappa shape index (κ2) is 7.02. The lowest BCUT2D eigenvalue weighted by Crippen LogP contribution is -2.46. The molecule has 0 spiro atoms. The number of likely N-dealkylation sites (tertiary alicyclic amines) is 1. The molecule has 2 amide bonds. The number of halogens is 3. The molecular weight excluding hydrogens is 297 g/mol.